The zero-order valence-electron chi connectivity index (χ0n) is 30.3. The molecule has 5 nitrogen and oxygen atoms in total. The Labute approximate surface area is 309 Å². The maximum absolute atomic E-state index is 6.54. The normalized spacial score (nSPS) is 12.1. The van der Waals surface area contributed by atoms with Crippen molar-refractivity contribution < 1.29 is 0 Å². The summed E-state index contributed by atoms with van der Waals surface area (Å²) in [5.74, 6) is 0. The summed E-state index contributed by atoms with van der Waals surface area (Å²) < 4.78 is 0. The fourth-order valence-corrected chi connectivity index (χ4v) is 7.38. The molecule has 0 unspecified atom stereocenters. The lowest BCUT2D eigenvalue weighted by Gasteiger charge is -2.08. The van der Waals surface area contributed by atoms with Gasteiger partial charge in [-0.2, -0.15) is 0 Å². The Morgan fingerprint density at radius 1 is 0.377 bits per heavy atom. The third kappa shape index (κ3) is 5.86. The first-order valence-corrected chi connectivity index (χ1v) is 18.0. The summed E-state index contributed by atoms with van der Waals surface area (Å²) in [5, 5.41) is 0. The zero-order chi connectivity index (χ0) is 36.2. The number of fused-ring (bicyclic) bond motifs is 8. The van der Waals surface area contributed by atoms with Gasteiger partial charge in [-0.05, 0) is 110 Å². The van der Waals surface area contributed by atoms with Gasteiger partial charge in [-0.15, -0.1) is 0 Å². The van der Waals surface area contributed by atoms with Crippen LogP contribution in [0, 0.1) is 27.7 Å². The lowest BCUT2D eigenvalue weighted by atomic mass is 10.0. The van der Waals surface area contributed by atoms with Gasteiger partial charge < -0.3 is 15.7 Å². The van der Waals surface area contributed by atoms with Gasteiger partial charge in [0.1, 0.15) is 0 Å². The van der Waals surface area contributed by atoms with Gasteiger partial charge in [-0.25, -0.2) is 9.97 Å². The van der Waals surface area contributed by atoms with Crippen molar-refractivity contribution in [1.29, 1.82) is 0 Å². The quantitative estimate of drug-likeness (QED) is 0.161. The fourth-order valence-electron chi connectivity index (χ4n) is 7.38. The number of aromatic nitrogens is 4. The van der Waals surface area contributed by atoms with E-state index in [1.165, 1.54) is 16.7 Å². The molecule has 5 heteroatoms. The molecule has 0 saturated carbocycles. The molecule has 0 fully saturated rings. The maximum atomic E-state index is 6.54. The number of aromatic amines is 2. The Bertz CT molecular complexity index is 2750. The molecule has 8 bridgehead atoms. The van der Waals surface area contributed by atoms with Gasteiger partial charge in [-0.1, -0.05) is 102 Å². The average Bonchev–Trinajstić information content (AvgIpc) is 4.00. The summed E-state index contributed by atoms with van der Waals surface area (Å²) in [6, 6.07) is 40.9. The van der Waals surface area contributed by atoms with E-state index in [2.05, 4.69) is 170 Å². The van der Waals surface area contributed by atoms with Crippen LogP contribution in [0.3, 0.4) is 0 Å². The predicted octanol–water partition coefficient (Wildman–Crippen LogP) is 12.1. The van der Waals surface area contributed by atoms with E-state index >= 15 is 0 Å². The summed E-state index contributed by atoms with van der Waals surface area (Å²) in [6.07, 6.45) is 8.53. The lowest BCUT2D eigenvalue weighted by molar-refractivity contribution is 1.31. The Kier molecular flexibility index (Phi) is 7.78. The number of nitrogens with one attached hydrogen (secondary N) is 2. The molecule has 2 aliphatic rings. The number of hydrogen-bond donors (Lipinski definition) is 3. The second-order valence-corrected chi connectivity index (χ2v) is 14.2. The lowest BCUT2D eigenvalue weighted by Crippen LogP contribution is -1.92. The van der Waals surface area contributed by atoms with Crippen molar-refractivity contribution >= 4 is 52.1 Å². The molecule has 9 rings (SSSR count). The van der Waals surface area contributed by atoms with E-state index in [4.69, 9.17) is 15.7 Å². The summed E-state index contributed by atoms with van der Waals surface area (Å²) >= 11 is 0. The maximum Gasteiger partial charge on any atom is 0.0737 e. The molecule has 2 aliphatic heterocycles. The highest BCUT2D eigenvalue weighted by Gasteiger charge is 2.19. The highest BCUT2D eigenvalue weighted by molar-refractivity contribution is 6.00. The van der Waals surface area contributed by atoms with E-state index in [1.807, 2.05) is 6.92 Å². The molecule has 256 valence electrons. The molecule has 3 aromatic heterocycles. The Morgan fingerprint density at radius 2 is 0.679 bits per heavy atom. The first kappa shape index (κ1) is 32.2. The summed E-state index contributed by atoms with van der Waals surface area (Å²) in [7, 11) is 0. The summed E-state index contributed by atoms with van der Waals surface area (Å²) in [4.78, 5) is 18.5. The Balaban J connectivity index is 1.47. The molecule has 0 atom stereocenters. The van der Waals surface area contributed by atoms with E-state index in [1.54, 1.807) is 0 Å². The molecule has 0 saturated heterocycles. The molecule has 53 heavy (non-hydrogen) atoms. The number of aryl methyl sites for hydroxylation is 4. The van der Waals surface area contributed by atoms with E-state index in [-0.39, 0.29) is 0 Å². The molecular weight excluding hydrogens is 647 g/mol. The molecular formula is C48H39N5. The second kappa shape index (κ2) is 12.8. The molecule has 0 amide bonds. The van der Waals surface area contributed by atoms with Crippen LogP contribution in [-0.4, -0.2) is 19.9 Å². The Morgan fingerprint density at radius 3 is 1.00 bits per heavy atom. The van der Waals surface area contributed by atoms with Crippen molar-refractivity contribution in [2.45, 2.75) is 27.7 Å². The number of nitrogens with two attached hydrogens (primary N) is 1. The van der Waals surface area contributed by atoms with Crippen molar-refractivity contribution in [2.75, 3.05) is 5.73 Å². The standard InChI is InChI=1S/C48H39N5/c1-28-5-12-32(13-6-28)45-37-19-21-39(50-37)46(33-14-7-29(2)8-15-33)41-23-25-43(52-41)48(35-18-11-31(4)36(49)27-35)44-26-24-42(53-44)47(40-22-20-38(45)51-40)34-16-9-30(3)10-17-34/h5-27,50,53H,49H2,1-4H3. The largest absolute Gasteiger partial charge is 0.398 e. The van der Waals surface area contributed by atoms with Gasteiger partial charge in [-0.3, -0.25) is 0 Å². The number of nitrogen functional groups attached to an aromatic ring is 1. The molecule has 4 N–H and O–H groups in total. The predicted molar refractivity (Wildman–Crippen MR) is 224 cm³/mol. The average molecular weight is 686 g/mol. The van der Waals surface area contributed by atoms with Gasteiger partial charge in [0.25, 0.3) is 0 Å². The number of H-pyrrole nitrogens is 2. The van der Waals surface area contributed by atoms with Crippen LogP contribution in [0.5, 0.6) is 0 Å². The van der Waals surface area contributed by atoms with Gasteiger partial charge in [0.05, 0.1) is 22.8 Å². The minimum absolute atomic E-state index is 0.743. The highest BCUT2D eigenvalue weighted by Crippen LogP contribution is 2.39. The fraction of sp³-hybridized carbons (Fsp3) is 0.0833. The van der Waals surface area contributed by atoms with E-state index in [0.717, 1.165) is 101 Å². The molecule has 5 heterocycles. The van der Waals surface area contributed by atoms with Crippen LogP contribution >= 0.6 is 0 Å². The van der Waals surface area contributed by atoms with Crippen molar-refractivity contribution in [2.24, 2.45) is 0 Å². The van der Waals surface area contributed by atoms with Crippen molar-refractivity contribution in [1.82, 2.24) is 19.9 Å². The Hall–Kier alpha value is -6.72. The van der Waals surface area contributed by atoms with Crippen LogP contribution in [0.15, 0.2) is 115 Å². The van der Waals surface area contributed by atoms with Crippen LogP contribution in [-0.2, 0) is 0 Å². The van der Waals surface area contributed by atoms with Crippen LogP contribution in [0.2, 0.25) is 0 Å². The van der Waals surface area contributed by atoms with Crippen LogP contribution in [0.4, 0.5) is 5.69 Å². The zero-order valence-corrected chi connectivity index (χ0v) is 30.3. The molecule has 0 aliphatic carbocycles. The minimum atomic E-state index is 0.743. The summed E-state index contributed by atoms with van der Waals surface area (Å²) in [6.45, 7) is 8.38. The third-order valence-electron chi connectivity index (χ3n) is 10.3. The first-order chi connectivity index (χ1) is 25.8. The van der Waals surface area contributed by atoms with Crippen molar-refractivity contribution in [3.8, 4) is 44.5 Å². The number of benzene rings is 4. The van der Waals surface area contributed by atoms with Crippen molar-refractivity contribution in [3.05, 3.63) is 160 Å². The molecule has 0 radical (unpaired) electrons. The highest BCUT2D eigenvalue weighted by atomic mass is 14.8. The van der Waals surface area contributed by atoms with Crippen LogP contribution in [0.25, 0.3) is 90.9 Å². The number of rotatable bonds is 4. The summed E-state index contributed by atoms with van der Waals surface area (Å²) in [5.41, 5.74) is 27.7. The van der Waals surface area contributed by atoms with E-state index < -0.39 is 0 Å². The van der Waals surface area contributed by atoms with E-state index in [9.17, 15) is 0 Å². The molecule has 7 aromatic rings. The monoisotopic (exact) mass is 685 g/mol. The SMILES string of the molecule is Cc1ccc(-c2c3nc(c(-c4ccc(C)cc4)c4ccc([nH]4)c(-c4ccc(C)c(N)c4)c4nc(c(-c5ccc(C)cc5)c5ccc2[nH]5)C=C4)C=C3)cc1. The van der Waals surface area contributed by atoms with Crippen molar-refractivity contribution in [3.63, 3.8) is 0 Å². The van der Waals surface area contributed by atoms with Gasteiger partial charge >= 0.3 is 0 Å². The first-order valence-electron chi connectivity index (χ1n) is 18.0. The molecule has 4 aromatic carbocycles. The second-order valence-electron chi connectivity index (χ2n) is 14.2. The topological polar surface area (TPSA) is 83.4 Å². The van der Waals surface area contributed by atoms with Gasteiger partial charge in [0, 0.05) is 50.0 Å². The van der Waals surface area contributed by atoms with Gasteiger partial charge in [0.15, 0.2) is 0 Å². The van der Waals surface area contributed by atoms with Crippen LogP contribution in [0.1, 0.15) is 45.0 Å². The molecule has 0 spiro atoms. The number of anilines is 1. The van der Waals surface area contributed by atoms with Crippen LogP contribution < -0.4 is 5.73 Å². The number of nitrogens with zero attached hydrogens (tertiary/aromatic N) is 2. The minimum Gasteiger partial charge on any atom is -0.398 e. The number of hydrogen-bond acceptors (Lipinski definition) is 3. The third-order valence-corrected chi connectivity index (χ3v) is 10.3. The van der Waals surface area contributed by atoms with E-state index in [0.29, 0.717) is 0 Å². The smallest absolute Gasteiger partial charge is 0.0737 e. The van der Waals surface area contributed by atoms with Gasteiger partial charge in [0.2, 0.25) is 0 Å².